The van der Waals surface area contributed by atoms with Crippen LogP contribution in [0.3, 0.4) is 0 Å². The van der Waals surface area contributed by atoms with E-state index in [1.165, 1.54) is 0 Å². The molecule has 0 unspecified atom stereocenters. The van der Waals surface area contributed by atoms with Crippen molar-refractivity contribution in [2.75, 3.05) is 40.0 Å². The van der Waals surface area contributed by atoms with E-state index >= 15 is 0 Å². The molecular weight excluding hydrogens is 220 g/mol. The molecule has 0 aromatic carbocycles. The molecule has 6 nitrogen and oxygen atoms in total. The number of methoxy groups -OCH3 is 1. The Morgan fingerprint density at radius 1 is 1.47 bits per heavy atom. The van der Waals surface area contributed by atoms with Crippen LogP contribution in [-0.4, -0.2) is 46.0 Å². The van der Waals surface area contributed by atoms with E-state index in [0.29, 0.717) is 11.9 Å². The predicted molar refractivity (Wildman–Crippen MR) is 67.7 cm³/mol. The zero-order chi connectivity index (χ0) is 12.3. The Kier molecular flexibility index (Phi) is 7.70. The first-order chi connectivity index (χ1) is 8.36. The first-order valence-corrected chi connectivity index (χ1v) is 6.18. The molecule has 6 heteroatoms. The molecule has 1 fully saturated rings. The second-order valence-electron chi connectivity index (χ2n) is 4.16. The standard InChI is InChI=1S/C11H24N4O2/c1-16-6-2-5-13-11(15-12)14-9-10-3-7-17-8-4-10/h10H,2-9,12H2,1H3,(H2,13,14,15). The largest absolute Gasteiger partial charge is 0.385 e. The van der Waals surface area contributed by atoms with Crippen molar-refractivity contribution in [2.45, 2.75) is 19.3 Å². The molecule has 0 atom stereocenters. The van der Waals surface area contributed by atoms with Crippen LogP contribution in [0, 0.1) is 5.92 Å². The van der Waals surface area contributed by atoms with Crippen LogP contribution in [0.5, 0.6) is 0 Å². The van der Waals surface area contributed by atoms with E-state index in [2.05, 4.69) is 15.7 Å². The highest BCUT2D eigenvalue weighted by Gasteiger charge is 2.13. The second-order valence-corrected chi connectivity index (χ2v) is 4.16. The number of guanidine groups is 1. The van der Waals surface area contributed by atoms with Crippen LogP contribution in [0.1, 0.15) is 19.3 Å². The van der Waals surface area contributed by atoms with Gasteiger partial charge in [-0.15, -0.1) is 0 Å². The molecule has 1 aliphatic heterocycles. The highest BCUT2D eigenvalue weighted by atomic mass is 16.5. The van der Waals surface area contributed by atoms with E-state index in [0.717, 1.165) is 52.2 Å². The predicted octanol–water partition coefficient (Wildman–Crippen LogP) is -0.142. The molecule has 0 aliphatic carbocycles. The summed E-state index contributed by atoms with van der Waals surface area (Å²) in [7, 11) is 1.70. The van der Waals surface area contributed by atoms with Crippen LogP contribution in [0.2, 0.25) is 0 Å². The maximum absolute atomic E-state index is 5.40. The minimum Gasteiger partial charge on any atom is -0.385 e. The lowest BCUT2D eigenvalue weighted by molar-refractivity contribution is 0.0689. The minimum absolute atomic E-state index is 0.618. The third-order valence-electron chi connectivity index (χ3n) is 2.80. The SMILES string of the molecule is COCCCNC(=NCC1CCOCC1)NN. The van der Waals surface area contributed by atoms with Gasteiger partial charge in [0.2, 0.25) is 5.96 Å². The highest BCUT2D eigenvalue weighted by molar-refractivity contribution is 5.79. The number of rotatable bonds is 6. The van der Waals surface area contributed by atoms with Gasteiger partial charge in [0.1, 0.15) is 0 Å². The van der Waals surface area contributed by atoms with E-state index < -0.39 is 0 Å². The number of nitrogens with zero attached hydrogens (tertiary/aromatic N) is 1. The normalized spacial score (nSPS) is 18.1. The van der Waals surface area contributed by atoms with Gasteiger partial charge in [-0.05, 0) is 25.2 Å². The zero-order valence-corrected chi connectivity index (χ0v) is 10.6. The average Bonchev–Trinajstić information content (AvgIpc) is 2.39. The number of hydrazine groups is 1. The molecule has 1 saturated heterocycles. The van der Waals surface area contributed by atoms with Crippen molar-refractivity contribution in [3.8, 4) is 0 Å². The summed E-state index contributed by atoms with van der Waals surface area (Å²) in [5.41, 5.74) is 2.59. The number of nitrogens with one attached hydrogen (secondary N) is 2. The lowest BCUT2D eigenvalue weighted by atomic mass is 10.0. The van der Waals surface area contributed by atoms with Crippen molar-refractivity contribution in [3.05, 3.63) is 0 Å². The Labute approximate surface area is 103 Å². The topological polar surface area (TPSA) is 80.9 Å². The van der Waals surface area contributed by atoms with Gasteiger partial charge in [0.05, 0.1) is 0 Å². The molecule has 0 radical (unpaired) electrons. The highest BCUT2D eigenvalue weighted by Crippen LogP contribution is 2.14. The molecule has 4 N–H and O–H groups in total. The molecule has 0 aromatic heterocycles. The van der Waals surface area contributed by atoms with Crippen molar-refractivity contribution in [1.82, 2.24) is 10.7 Å². The van der Waals surface area contributed by atoms with E-state index in [-0.39, 0.29) is 0 Å². The monoisotopic (exact) mass is 244 g/mol. The summed E-state index contributed by atoms with van der Waals surface area (Å²) in [6, 6.07) is 0. The Balaban J connectivity index is 2.18. The summed E-state index contributed by atoms with van der Waals surface area (Å²) in [6.45, 7) is 4.06. The zero-order valence-electron chi connectivity index (χ0n) is 10.6. The van der Waals surface area contributed by atoms with E-state index in [1.807, 2.05) is 0 Å². The van der Waals surface area contributed by atoms with E-state index in [4.69, 9.17) is 15.3 Å². The van der Waals surface area contributed by atoms with E-state index in [1.54, 1.807) is 7.11 Å². The Bertz CT molecular complexity index is 218. The Morgan fingerprint density at radius 3 is 2.88 bits per heavy atom. The first-order valence-electron chi connectivity index (χ1n) is 6.18. The average molecular weight is 244 g/mol. The maximum Gasteiger partial charge on any atom is 0.205 e. The van der Waals surface area contributed by atoms with E-state index in [9.17, 15) is 0 Å². The molecule has 0 aromatic rings. The van der Waals surface area contributed by atoms with Crippen molar-refractivity contribution in [1.29, 1.82) is 0 Å². The van der Waals surface area contributed by atoms with Crippen LogP contribution in [0.25, 0.3) is 0 Å². The van der Waals surface area contributed by atoms with Crippen LogP contribution >= 0.6 is 0 Å². The lowest BCUT2D eigenvalue weighted by Crippen LogP contribution is -2.42. The summed E-state index contributed by atoms with van der Waals surface area (Å²) in [6.07, 6.45) is 3.12. The van der Waals surface area contributed by atoms with Crippen molar-refractivity contribution in [3.63, 3.8) is 0 Å². The molecule has 0 saturated carbocycles. The van der Waals surface area contributed by atoms with Gasteiger partial charge in [-0.1, -0.05) is 0 Å². The molecule has 0 amide bonds. The number of hydrogen-bond acceptors (Lipinski definition) is 4. The van der Waals surface area contributed by atoms with Gasteiger partial charge in [-0.3, -0.25) is 10.4 Å². The summed E-state index contributed by atoms with van der Waals surface area (Å²) in [5, 5.41) is 3.15. The molecule has 1 aliphatic rings. The molecule has 1 rings (SSSR count). The fraction of sp³-hybridized carbons (Fsp3) is 0.909. The number of aliphatic imine (C=N–C) groups is 1. The van der Waals surface area contributed by atoms with Gasteiger partial charge < -0.3 is 14.8 Å². The van der Waals surface area contributed by atoms with Crippen LogP contribution in [0.4, 0.5) is 0 Å². The summed E-state index contributed by atoms with van der Waals surface area (Å²) >= 11 is 0. The molecule has 0 spiro atoms. The van der Waals surface area contributed by atoms with Crippen LogP contribution < -0.4 is 16.6 Å². The number of hydrogen-bond donors (Lipinski definition) is 3. The molecular formula is C11H24N4O2. The maximum atomic E-state index is 5.40. The smallest absolute Gasteiger partial charge is 0.205 e. The second kappa shape index (κ2) is 9.21. The number of ether oxygens (including phenoxy) is 2. The van der Waals surface area contributed by atoms with Gasteiger partial charge in [0.25, 0.3) is 0 Å². The number of nitrogens with two attached hydrogens (primary N) is 1. The molecule has 17 heavy (non-hydrogen) atoms. The van der Waals surface area contributed by atoms with Crippen molar-refractivity contribution >= 4 is 5.96 Å². The third-order valence-corrected chi connectivity index (χ3v) is 2.80. The minimum atomic E-state index is 0.618. The van der Waals surface area contributed by atoms with Gasteiger partial charge in [-0.2, -0.15) is 0 Å². The van der Waals surface area contributed by atoms with Crippen LogP contribution in [0.15, 0.2) is 4.99 Å². The molecule has 1 heterocycles. The Morgan fingerprint density at radius 2 is 2.24 bits per heavy atom. The quantitative estimate of drug-likeness (QED) is 0.199. The summed E-state index contributed by atoms with van der Waals surface area (Å²) in [5.74, 6) is 6.68. The Hall–Kier alpha value is -0.850. The van der Waals surface area contributed by atoms with Gasteiger partial charge in [0.15, 0.2) is 0 Å². The fourth-order valence-corrected chi connectivity index (χ4v) is 1.73. The van der Waals surface area contributed by atoms with Crippen molar-refractivity contribution in [2.24, 2.45) is 16.8 Å². The summed E-state index contributed by atoms with van der Waals surface area (Å²) < 4.78 is 10.3. The fourth-order valence-electron chi connectivity index (χ4n) is 1.73. The first kappa shape index (κ1) is 14.2. The lowest BCUT2D eigenvalue weighted by Gasteiger charge is -2.20. The van der Waals surface area contributed by atoms with Gasteiger partial charge in [-0.25, -0.2) is 5.84 Å². The molecule has 0 bridgehead atoms. The summed E-state index contributed by atoms with van der Waals surface area (Å²) in [4.78, 5) is 4.44. The van der Waals surface area contributed by atoms with Gasteiger partial charge in [0, 0.05) is 40.0 Å². The van der Waals surface area contributed by atoms with Crippen LogP contribution in [-0.2, 0) is 9.47 Å². The van der Waals surface area contributed by atoms with Gasteiger partial charge >= 0.3 is 0 Å². The van der Waals surface area contributed by atoms with Crippen molar-refractivity contribution < 1.29 is 9.47 Å². The third kappa shape index (κ3) is 6.45. The molecule has 100 valence electrons.